The largest absolute Gasteiger partial charge is 0.478 e. The number of anilines is 1. The molecular weight excluding hydrogens is 260 g/mol. The highest BCUT2D eigenvalue weighted by Crippen LogP contribution is 2.24. The topological polar surface area (TPSA) is 53.4 Å². The highest BCUT2D eigenvalue weighted by Gasteiger charge is 2.19. The Kier molecular flexibility index (Phi) is 4.69. The molecule has 19 heavy (non-hydrogen) atoms. The smallest absolute Gasteiger partial charge is 0.335 e. The van der Waals surface area contributed by atoms with Gasteiger partial charge in [0, 0.05) is 29.8 Å². The first kappa shape index (κ1) is 14.2. The third-order valence-corrected chi connectivity index (χ3v) is 4.32. The van der Waals surface area contributed by atoms with Crippen molar-refractivity contribution >= 4 is 23.5 Å². The Labute approximate surface area is 118 Å². The summed E-state index contributed by atoms with van der Waals surface area (Å²) in [5.74, 6) is 1.01. The molecule has 0 spiro atoms. The Bertz CT molecular complexity index is 465. The number of hydrogen-bond donors (Lipinski definition) is 1. The van der Waals surface area contributed by atoms with E-state index >= 15 is 0 Å². The first-order valence-corrected chi connectivity index (χ1v) is 7.76. The number of nitrogens with zero attached hydrogens (tertiary/aromatic N) is 2. The zero-order valence-electron chi connectivity index (χ0n) is 11.4. The minimum atomic E-state index is -0.875. The van der Waals surface area contributed by atoms with Crippen molar-refractivity contribution < 1.29 is 9.90 Å². The van der Waals surface area contributed by atoms with Gasteiger partial charge in [0.25, 0.3) is 0 Å². The van der Waals surface area contributed by atoms with E-state index in [0.717, 1.165) is 43.2 Å². The Morgan fingerprint density at radius 3 is 3.00 bits per heavy atom. The van der Waals surface area contributed by atoms with Gasteiger partial charge < -0.3 is 10.0 Å². The molecule has 1 aromatic rings. The van der Waals surface area contributed by atoms with E-state index in [1.54, 1.807) is 12.1 Å². The van der Waals surface area contributed by atoms with E-state index < -0.39 is 5.97 Å². The van der Waals surface area contributed by atoms with Gasteiger partial charge in [-0.15, -0.1) is 0 Å². The summed E-state index contributed by atoms with van der Waals surface area (Å²) in [4.78, 5) is 18.0. The number of aryl methyl sites for hydroxylation is 1. The molecule has 1 saturated heterocycles. The van der Waals surface area contributed by atoms with E-state index in [1.165, 1.54) is 0 Å². The van der Waals surface area contributed by atoms with Crippen molar-refractivity contribution in [1.29, 1.82) is 0 Å². The number of pyridine rings is 1. The summed E-state index contributed by atoms with van der Waals surface area (Å²) in [5.41, 5.74) is 1.22. The van der Waals surface area contributed by atoms with Crippen LogP contribution < -0.4 is 4.90 Å². The molecule has 0 aromatic carbocycles. The maximum Gasteiger partial charge on any atom is 0.335 e. The predicted octanol–water partition coefficient (Wildman–Crippen LogP) is 2.67. The first-order valence-electron chi connectivity index (χ1n) is 6.71. The summed E-state index contributed by atoms with van der Waals surface area (Å²) in [5, 5.41) is 9.77. The Morgan fingerprint density at radius 2 is 2.37 bits per heavy atom. The van der Waals surface area contributed by atoms with Crippen molar-refractivity contribution in [3.8, 4) is 0 Å². The number of rotatable bonds is 4. The lowest BCUT2D eigenvalue weighted by atomic mass is 10.1. The van der Waals surface area contributed by atoms with Gasteiger partial charge in [-0.25, -0.2) is 9.78 Å². The van der Waals surface area contributed by atoms with E-state index in [4.69, 9.17) is 0 Å². The van der Waals surface area contributed by atoms with Crippen molar-refractivity contribution in [1.82, 2.24) is 4.98 Å². The molecule has 0 aliphatic carbocycles. The zero-order chi connectivity index (χ0) is 13.8. The predicted molar refractivity (Wildman–Crippen MR) is 79.3 cm³/mol. The number of hydrogen-bond acceptors (Lipinski definition) is 4. The van der Waals surface area contributed by atoms with Gasteiger partial charge in [-0.2, -0.15) is 11.8 Å². The van der Waals surface area contributed by atoms with Crippen LogP contribution in [0.15, 0.2) is 12.1 Å². The molecule has 1 aromatic heterocycles. The highest BCUT2D eigenvalue weighted by atomic mass is 32.2. The van der Waals surface area contributed by atoms with Crippen LogP contribution in [-0.2, 0) is 6.42 Å². The molecule has 5 heteroatoms. The summed E-state index contributed by atoms with van der Waals surface area (Å²) in [6.45, 7) is 6.15. The highest BCUT2D eigenvalue weighted by molar-refractivity contribution is 8.00. The molecule has 1 aliphatic heterocycles. The molecule has 4 nitrogen and oxygen atoms in total. The van der Waals surface area contributed by atoms with Crippen molar-refractivity contribution in [2.24, 2.45) is 0 Å². The fraction of sp³-hybridized carbons (Fsp3) is 0.571. The van der Waals surface area contributed by atoms with Crippen LogP contribution in [0.25, 0.3) is 0 Å². The third-order valence-electron chi connectivity index (χ3n) is 3.18. The van der Waals surface area contributed by atoms with E-state index in [2.05, 4.69) is 23.7 Å². The van der Waals surface area contributed by atoms with Crippen LogP contribution in [0.5, 0.6) is 0 Å². The van der Waals surface area contributed by atoms with Crippen molar-refractivity contribution in [2.75, 3.05) is 23.7 Å². The van der Waals surface area contributed by atoms with Crippen LogP contribution in [0, 0.1) is 0 Å². The zero-order valence-corrected chi connectivity index (χ0v) is 12.2. The summed E-state index contributed by atoms with van der Waals surface area (Å²) >= 11 is 1.96. The van der Waals surface area contributed by atoms with Crippen LogP contribution in [0.4, 0.5) is 5.82 Å². The average Bonchev–Trinajstić information content (AvgIpc) is 2.38. The number of aromatic nitrogens is 1. The summed E-state index contributed by atoms with van der Waals surface area (Å²) in [6, 6.07) is 3.39. The molecule has 1 aliphatic rings. The fourth-order valence-electron chi connectivity index (χ4n) is 2.27. The Morgan fingerprint density at radius 1 is 1.58 bits per heavy atom. The quantitative estimate of drug-likeness (QED) is 0.919. The Hall–Kier alpha value is -1.23. The van der Waals surface area contributed by atoms with E-state index in [-0.39, 0.29) is 0 Å². The first-order chi connectivity index (χ1) is 9.10. The van der Waals surface area contributed by atoms with Crippen LogP contribution in [0.2, 0.25) is 0 Å². The van der Waals surface area contributed by atoms with Crippen LogP contribution in [-0.4, -0.2) is 40.2 Å². The standard InChI is InChI=1S/C14H20N2O2S/c1-3-4-12-7-11(14(17)18)8-13(15-12)16-5-6-19-10(2)9-16/h7-8,10H,3-6,9H2,1-2H3,(H,17,18). The van der Waals surface area contributed by atoms with Crippen molar-refractivity contribution in [2.45, 2.75) is 31.9 Å². The van der Waals surface area contributed by atoms with Gasteiger partial charge in [0.2, 0.25) is 0 Å². The molecule has 0 amide bonds. The molecule has 0 bridgehead atoms. The van der Waals surface area contributed by atoms with Crippen LogP contribution >= 0.6 is 11.8 Å². The maximum absolute atomic E-state index is 11.2. The normalized spacial score (nSPS) is 19.5. The lowest BCUT2D eigenvalue weighted by molar-refractivity contribution is 0.0696. The molecule has 1 N–H and O–H groups in total. The summed E-state index contributed by atoms with van der Waals surface area (Å²) in [7, 11) is 0. The summed E-state index contributed by atoms with van der Waals surface area (Å²) in [6.07, 6.45) is 1.80. The van der Waals surface area contributed by atoms with E-state index in [0.29, 0.717) is 10.8 Å². The molecule has 1 unspecified atom stereocenters. The number of carboxylic acid groups (broad SMARTS) is 1. The van der Waals surface area contributed by atoms with E-state index in [9.17, 15) is 9.90 Å². The SMILES string of the molecule is CCCc1cc(C(=O)O)cc(N2CCSC(C)C2)n1. The van der Waals surface area contributed by atoms with Crippen LogP contribution in [0.3, 0.4) is 0 Å². The fourth-order valence-corrected chi connectivity index (χ4v) is 3.28. The second-order valence-electron chi connectivity index (χ2n) is 4.89. The van der Waals surface area contributed by atoms with Crippen LogP contribution in [0.1, 0.15) is 36.3 Å². The lowest BCUT2D eigenvalue weighted by Gasteiger charge is -2.31. The number of carboxylic acids is 1. The van der Waals surface area contributed by atoms with Crippen molar-refractivity contribution in [3.05, 3.63) is 23.4 Å². The minimum absolute atomic E-state index is 0.347. The second-order valence-corrected chi connectivity index (χ2v) is 6.43. The van der Waals surface area contributed by atoms with E-state index in [1.807, 2.05) is 11.8 Å². The maximum atomic E-state index is 11.2. The number of aromatic carboxylic acids is 1. The molecule has 0 radical (unpaired) electrons. The number of carbonyl (C=O) groups is 1. The number of thioether (sulfide) groups is 1. The van der Waals surface area contributed by atoms with Gasteiger partial charge >= 0.3 is 5.97 Å². The molecule has 1 atom stereocenters. The molecular formula is C14H20N2O2S. The van der Waals surface area contributed by atoms with Crippen molar-refractivity contribution in [3.63, 3.8) is 0 Å². The second kappa shape index (κ2) is 6.28. The van der Waals surface area contributed by atoms with Gasteiger partial charge in [0.1, 0.15) is 5.82 Å². The Balaban J connectivity index is 2.29. The van der Waals surface area contributed by atoms with Gasteiger partial charge in [-0.3, -0.25) is 0 Å². The summed E-state index contributed by atoms with van der Waals surface area (Å²) < 4.78 is 0. The molecule has 0 saturated carbocycles. The monoisotopic (exact) mass is 280 g/mol. The van der Waals surface area contributed by atoms with Gasteiger partial charge in [0.05, 0.1) is 5.56 Å². The average molecular weight is 280 g/mol. The molecule has 104 valence electrons. The van der Waals surface area contributed by atoms with Gasteiger partial charge in [0.15, 0.2) is 0 Å². The molecule has 2 rings (SSSR count). The lowest BCUT2D eigenvalue weighted by Crippen LogP contribution is -2.37. The molecule has 2 heterocycles. The van der Waals surface area contributed by atoms with Gasteiger partial charge in [-0.1, -0.05) is 20.3 Å². The third kappa shape index (κ3) is 3.62. The minimum Gasteiger partial charge on any atom is -0.478 e. The molecule has 1 fully saturated rings. The van der Waals surface area contributed by atoms with Gasteiger partial charge in [-0.05, 0) is 18.6 Å².